The van der Waals surface area contributed by atoms with Crippen molar-refractivity contribution < 1.29 is 9.90 Å². The van der Waals surface area contributed by atoms with Crippen molar-refractivity contribution in [2.75, 3.05) is 6.61 Å². The second kappa shape index (κ2) is 4.88. The van der Waals surface area contributed by atoms with Crippen LogP contribution in [0.5, 0.6) is 0 Å². The van der Waals surface area contributed by atoms with E-state index in [-0.39, 0.29) is 6.61 Å². The standard InChI is InChI=1S/C12H13N3O2/c13-11(17)10-5-9-4-8(2-1-3-16)6-14-12(9)15-7-10/h4-7,16H,1-3H2,(H2,13,17). The SMILES string of the molecule is NC(=O)c1cnc2ncc(CCCO)cc2c1. The van der Waals surface area contributed by atoms with Gasteiger partial charge in [-0.15, -0.1) is 0 Å². The first-order valence-corrected chi connectivity index (χ1v) is 5.36. The zero-order valence-electron chi connectivity index (χ0n) is 9.26. The summed E-state index contributed by atoms with van der Waals surface area (Å²) < 4.78 is 0. The lowest BCUT2D eigenvalue weighted by Gasteiger charge is -2.02. The Bertz CT molecular complexity index is 554. The summed E-state index contributed by atoms with van der Waals surface area (Å²) in [6, 6.07) is 3.59. The van der Waals surface area contributed by atoms with Crippen LogP contribution in [-0.2, 0) is 6.42 Å². The van der Waals surface area contributed by atoms with E-state index in [2.05, 4.69) is 9.97 Å². The second-order valence-corrected chi connectivity index (χ2v) is 3.81. The molecule has 3 N–H and O–H groups in total. The lowest BCUT2D eigenvalue weighted by molar-refractivity contribution is 0.1000. The number of carbonyl (C=O) groups excluding carboxylic acids is 1. The van der Waals surface area contributed by atoms with Gasteiger partial charge < -0.3 is 10.8 Å². The second-order valence-electron chi connectivity index (χ2n) is 3.81. The van der Waals surface area contributed by atoms with Crippen LogP contribution in [0.15, 0.2) is 24.5 Å². The third-order valence-electron chi connectivity index (χ3n) is 2.50. The molecule has 0 radical (unpaired) electrons. The van der Waals surface area contributed by atoms with Gasteiger partial charge in [-0.2, -0.15) is 0 Å². The topological polar surface area (TPSA) is 89.1 Å². The fourth-order valence-corrected chi connectivity index (χ4v) is 1.62. The predicted molar refractivity (Wildman–Crippen MR) is 63.5 cm³/mol. The van der Waals surface area contributed by atoms with E-state index in [1.165, 1.54) is 6.20 Å². The van der Waals surface area contributed by atoms with Gasteiger partial charge in [0, 0.05) is 24.4 Å². The number of aliphatic hydroxyl groups excluding tert-OH is 1. The van der Waals surface area contributed by atoms with Gasteiger partial charge in [0.1, 0.15) is 0 Å². The van der Waals surface area contributed by atoms with Crippen molar-refractivity contribution in [3.63, 3.8) is 0 Å². The van der Waals surface area contributed by atoms with Crippen molar-refractivity contribution in [1.82, 2.24) is 9.97 Å². The summed E-state index contributed by atoms with van der Waals surface area (Å²) in [4.78, 5) is 19.3. The maximum absolute atomic E-state index is 11.0. The van der Waals surface area contributed by atoms with E-state index in [1.807, 2.05) is 6.07 Å². The summed E-state index contributed by atoms with van der Waals surface area (Å²) in [6.45, 7) is 0.150. The maximum atomic E-state index is 11.0. The van der Waals surface area contributed by atoms with Crippen LogP contribution in [0.25, 0.3) is 11.0 Å². The van der Waals surface area contributed by atoms with Gasteiger partial charge in [-0.3, -0.25) is 4.79 Å². The molecule has 5 nitrogen and oxygen atoms in total. The summed E-state index contributed by atoms with van der Waals surface area (Å²) in [6.07, 6.45) is 4.59. The molecule has 0 saturated carbocycles. The summed E-state index contributed by atoms with van der Waals surface area (Å²) in [5.74, 6) is -0.500. The molecule has 5 heteroatoms. The van der Waals surface area contributed by atoms with Crippen LogP contribution in [0.2, 0.25) is 0 Å². The Morgan fingerprint density at radius 3 is 2.76 bits per heavy atom. The molecule has 0 atom stereocenters. The van der Waals surface area contributed by atoms with Crippen molar-refractivity contribution in [2.45, 2.75) is 12.8 Å². The zero-order valence-corrected chi connectivity index (χ0v) is 9.26. The molecular weight excluding hydrogens is 218 g/mol. The number of fused-ring (bicyclic) bond motifs is 1. The Kier molecular flexibility index (Phi) is 3.30. The van der Waals surface area contributed by atoms with Gasteiger partial charge in [0.2, 0.25) is 5.91 Å². The molecule has 0 unspecified atom stereocenters. The lowest BCUT2D eigenvalue weighted by Crippen LogP contribution is -2.11. The molecule has 0 aromatic carbocycles. The van der Waals surface area contributed by atoms with Crippen LogP contribution in [0, 0.1) is 0 Å². The van der Waals surface area contributed by atoms with Crippen molar-refractivity contribution in [1.29, 1.82) is 0 Å². The molecule has 0 bridgehead atoms. The first-order chi connectivity index (χ1) is 8.20. The van der Waals surface area contributed by atoms with E-state index in [0.717, 1.165) is 17.4 Å². The number of hydrogen-bond donors (Lipinski definition) is 2. The van der Waals surface area contributed by atoms with Crippen LogP contribution in [0.4, 0.5) is 0 Å². The number of hydrogen-bond acceptors (Lipinski definition) is 4. The van der Waals surface area contributed by atoms with Crippen LogP contribution in [0.3, 0.4) is 0 Å². The number of rotatable bonds is 4. The predicted octanol–water partition coefficient (Wildman–Crippen LogP) is 0.654. The highest BCUT2D eigenvalue weighted by Crippen LogP contribution is 2.14. The molecule has 0 aliphatic heterocycles. The highest BCUT2D eigenvalue weighted by atomic mass is 16.2. The zero-order chi connectivity index (χ0) is 12.3. The van der Waals surface area contributed by atoms with E-state index >= 15 is 0 Å². The lowest BCUT2D eigenvalue weighted by atomic mass is 10.1. The molecule has 2 rings (SSSR count). The van der Waals surface area contributed by atoms with E-state index in [9.17, 15) is 4.79 Å². The molecule has 2 heterocycles. The normalized spacial score (nSPS) is 10.6. The quantitative estimate of drug-likeness (QED) is 0.808. The Balaban J connectivity index is 2.39. The highest BCUT2D eigenvalue weighted by molar-refractivity contribution is 5.95. The molecule has 1 amide bonds. The fourth-order valence-electron chi connectivity index (χ4n) is 1.62. The monoisotopic (exact) mass is 231 g/mol. The van der Waals surface area contributed by atoms with Crippen molar-refractivity contribution in [2.24, 2.45) is 5.73 Å². The van der Waals surface area contributed by atoms with Gasteiger partial charge >= 0.3 is 0 Å². The van der Waals surface area contributed by atoms with Crippen molar-refractivity contribution in [3.05, 3.63) is 35.7 Å². The minimum absolute atomic E-state index is 0.150. The van der Waals surface area contributed by atoms with Crippen LogP contribution in [0.1, 0.15) is 22.3 Å². The Hall–Kier alpha value is -2.01. The van der Waals surface area contributed by atoms with Gasteiger partial charge in [0.15, 0.2) is 5.65 Å². The Morgan fingerprint density at radius 2 is 2.06 bits per heavy atom. The number of nitrogens with zero attached hydrogens (tertiary/aromatic N) is 2. The number of nitrogens with two attached hydrogens (primary N) is 1. The summed E-state index contributed by atoms with van der Waals surface area (Å²) in [7, 11) is 0. The summed E-state index contributed by atoms with van der Waals surface area (Å²) >= 11 is 0. The number of pyridine rings is 2. The van der Waals surface area contributed by atoms with Gasteiger partial charge in [-0.1, -0.05) is 0 Å². The van der Waals surface area contributed by atoms with Crippen LogP contribution < -0.4 is 5.73 Å². The van der Waals surface area contributed by atoms with Crippen LogP contribution >= 0.6 is 0 Å². The molecule has 0 aliphatic carbocycles. The number of amides is 1. The maximum Gasteiger partial charge on any atom is 0.250 e. The van der Waals surface area contributed by atoms with Crippen molar-refractivity contribution >= 4 is 16.9 Å². The van der Waals surface area contributed by atoms with E-state index < -0.39 is 5.91 Å². The first-order valence-electron chi connectivity index (χ1n) is 5.36. The average Bonchev–Trinajstić information content (AvgIpc) is 2.35. The molecule has 17 heavy (non-hydrogen) atoms. The number of primary amides is 1. The first kappa shape index (κ1) is 11.5. The molecule has 0 fully saturated rings. The molecule has 2 aromatic heterocycles. The molecule has 88 valence electrons. The summed E-state index contributed by atoms with van der Waals surface area (Å²) in [5.41, 5.74) is 7.16. The third kappa shape index (κ3) is 2.57. The fraction of sp³-hybridized carbons (Fsp3) is 0.250. The largest absolute Gasteiger partial charge is 0.396 e. The smallest absolute Gasteiger partial charge is 0.250 e. The van der Waals surface area contributed by atoms with Gasteiger partial charge in [0.25, 0.3) is 0 Å². The van der Waals surface area contributed by atoms with Crippen molar-refractivity contribution in [3.8, 4) is 0 Å². The van der Waals surface area contributed by atoms with Gasteiger partial charge in [0.05, 0.1) is 5.56 Å². The van der Waals surface area contributed by atoms with E-state index in [1.54, 1.807) is 12.3 Å². The molecule has 0 aliphatic rings. The minimum atomic E-state index is -0.500. The Labute approximate surface area is 98.3 Å². The van der Waals surface area contributed by atoms with E-state index in [0.29, 0.717) is 17.6 Å². The number of aryl methyl sites for hydroxylation is 1. The molecule has 0 saturated heterocycles. The third-order valence-corrected chi connectivity index (χ3v) is 2.50. The number of aliphatic hydroxyl groups is 1. The molecule has 0 spiro atoms. The average molecular weight is 231 g/mol. The Morgan fingerprint density at radius 1 is 1.29 bits per heavy atom. The van der Waals surface area contributed by atoms with E-state index in [4.69, 9.17) is 10.8 Å². The van der Waals surface area contributed by atoms with Crippen LogP contribution in [-0.4, -0.2) is 27.6 Å². The number of carbonyl (C=O) groups is 1. The highest BCUT2D eigenvalue weighted by Gasteiger charge is 2.04. The molecule has 2 aromatic rings. The van der Waals surface area contributed by atoms with Gasteiger partial charge in [-0.25, -0.2) is 9.97 Å². The summed E-state index contributed by atoms with van der Waals surface area (Å²) in [5, 5.41) is 9.55. The minimum Gasteiger partial charge on any atom is -0.396 e. The molecular formula is C12H13N3O2. The van der Waals surface area contributed by atoms with Gasteiger partial charge in [-0.05, 0) is 30.5 Å². The number of aromatic nitrogens is 2.